The zero-order valence-electron chi connectivity index (χ0n) is 19.1. The Morgan fingerprint density at radius 1 is 0.886 bits per heavy atom. The fourth-order valence-electron chi connectivity index (χ4n) is 2.65. The molecular weight excluding hydrogens is 478 g/mol. The summed E-state index contributed by atoms with van der Waals surface area (Å²) >= 11 is 5.90. The summed E-state index contributed by atoms with van der Waals surface area (Å²) in [5.74, 6) is -3.15. The first kappa shape index (κ1) is 27.3. The van der Waals surface area contributed by atoms with Crippen LogP contribution in [0.5, 0.6) is 0 Å². The Morgan fingerprint density at radius 3 is 2.40 bits per heavy atom. The lowest BCUT2D eigenvalue weighted by molar-refractivity contribution is -0.149. The van der Waals surface area contributed by atoms with Crippen molar-refractivity contribution in [3.8, 4) is 0 Å². The Balaban J connectivity index is 1.69. The maximum Gasteiger partial charge on any atom is 0.338 e. The number of hydrazine groups is 1. The van der Waals surface area contributed by atoms with Crippen molar-refractivity contribution in [1.82, 2.24) is 10.9 Å². The molecule has 3 amide bonds. The number of nitrogens with one attached hydrogen (secondary N) is 3. The molecule has 0 bridgehead atoms. The molecule has 2 aromatic rings. The van der Waals surface area contributed by atoms with E-state index in [1.54, 1.807) is 30.3 Å². The number of hydrogen-bond acceptors (Lipinski definition) is 7. The molecule has 186 valence electrons. The highest BCUT2D eigenvalue weighted by Crippen LogP contribution is 2.14. The average Bonchev–Trinajstić information content (AvgIpc) is 2.85. The first-order valence-corrected chi connectivity index (χ1v) is 11.2. The normalized spacial score (nSPS) is 10.1. The summed E-state index contributed by atoms with van der Waals surface area (Å²) in [6.07, 6.45) is 1.19. The number of rotatable bonds is 11. The first-order chi connectivity index (χ1) is 16.8. The van der Waals surface area contributed by atoms with Gasteiger partial charge in [-0.25, -0.2) is 4.79 Å². The second kappa shape index (κ2) is 14.4. The van der Waals surface area contributed by atoms with Crippen molar-refractivity contribution in [2.45, 2.75) is 32.6 Å². The number of amides is 3. The van der Waals surface area contributed by atoms with Crippen molar-refractivity contribution in [2.24, 2.45) is 0 Å². The van der Waals surface area contributed by atoms with Gasteiger partial charge in [0.2, 0.25) is 5.91 Å². The van der Waals surface area contributed by atoms with Crippen molar-refractivity contribution in [3.05, 3.63) is 64.7 Å². The quantitative estimate of drug-likeness (QED) is 0.243. The number of unbranched alkanes of at least 4 members (excludes halogenated alkanes) is 1. The second-order valence-corrected chi connectivity index (χ2v) is 7.67. The van der Waals surface area contributed by atoms with Gasteiger partial charge in [0.05, 0.1) is 29.2 Å². The van der Waals surface area contributed by atoms with Crippen molar-refractivity contribution in [1.29, 1.82) is 0 Å². The maximum absolute atomic E-state index is 12.1. The highest BCUT2D eigenvalue weighted by molar-refractivity contribution is 6.33. The SMILES string of the molecule is CCCCOC(=O)c1cccc(NC(=O)CCC(=O)OCC(=O)NNC(=O)c2ccccc2Cl)c1. The fourth-order valence-corrected chi connectivity index (χ4v) is 2.87. The predicted octanol–water partition coefficient (Wildman–Crippen LogP) is 3.02. The monoisotopic (exact) mass is 503 g/mol. The zero-order valence-corrected chi connectivity index (χ0v) is 19.9. The molecule has 0 fully saturated rings. The zero-order chi connectivity index (χ0) is 25.6. The van der Waals surface area contributed by atoms with Crippen LogP contribution in [0.2, 0.25) is 5.02 Å². The lowest BCUT2D eigenvalue weighted by Crippen LogP contribution is -2.43. The van der Waals surface area contributed by atoms with Crippen molar-refractivity contribution in [3.63, 3.8) is 0 Å². The van der Waals surface area contributed by atoms with Crippen LogP contribution in [0.4, 0.5) is 5.69 Å². The number of carbonyl (C=O) groups excluding carboxylic acids is 5. The van der Waals surface area contributed by atoms with Gasteiger partial charge >= 0.3 is 11.9 Å². The number of carbonyl (C=O) groups is 5. The Kier molecular flexibility index (Phi) is 11.2. The van der Waals surface area contributed by atoms with Gasteiger partial charge in [-0.3, -0.25) is 30.0 Å². The molecule has 2 aromatic carbocycles. The Labute approximate surface area is 207 Å². The van der Waals surface area contributed by atoms with E-state index in [0.29, 0.717) is 17.9 Å². The van der Waals surface area contributed by atoms with E-state index in [9.17, 15) is 24.0 Å². The largest absolute Gasteiger partial charge is 0.462 e. The summed E-state index contributed by atoms with van der Waals surface area (Å²) < 4.78 is 9.93. The van der Waals surface area contributed by atoms with E-state index in [1.807, 2.05) is 6.92 Å². The van der Waals surface area contributed by atoms with Gasteiger partial charge in [0.25, 0.3) is 11.8 Å². The molecule has 3 N–H and O–H groups in total. The molecule has 11 heteroatoms. The van der Waals surface area contributed by atoms with Gasteiger partial charge in [0.15, 0.2) is 6.61 Å². The molecule has 0 aliphatic rings. The maximum atomic E-state index is 12.1. The number of ether oxygens (including phenoxy) is 2. The summed E-state index contributed by atoms with van der Waals surface area (Å²) in [5.41, 5.74) is 5.09. The molecule has 0 aliphatic carbocycles. The minimum atomic E-state index is -0.777. The molecule has 0 saturated carbocycles. The number of hydrogen-bond donors (Lipinski definition) is 3. The van der Waals surface area contributed by atoms with Crippen molar-refractivity contribution >= 4 is 46.9 Å². The molecule has 0 radical (unpaired) electrons. The van der Waals surface area contributed by atoms with Gasteiger partial charge in [0, 0.05) is 12.1 Å². The van der Waals surface area contributed by atoms with Gasteiger partial charge < -0.3 is 14.8 Å². The van der Waals surface area contributed by atoms with E-state index in [1.165, 1.54) is 18.2 Å². The Bertz CT molecular complexity index is 1070. The van der Waals surface area contributed by atoms with Crippen LogP contribution in [-0.2, 0) is 23.9 Å². The number of esters is 2. The Morgan fingerprint density at radius 2 is 1.66 bits per heavy atom. The lowest BCUT2D eigenvalue weighted by Gasteiger charge is -2.09. The molecule has 0 spiro atoms. The summed E-state index contributed by atoms with van der Waals surface area (Å²) in [6.45, 7) is 1.66. The highest BCUT2D eigenvalue weighted by atomic mass is 35.5. The molecule has 10 nitrogen and oxygen atoms in total. The third kappa shape index (κ3) is 9.85. The molecule has 0 unspecified atom stereocenters. The van der Waals surface area contributed by atoms with Crippen LogP contribution in [0.1, 0.15) is 53.3 Å². The van der Waals surface area contributed by atoms with Gasteiger partial charge in [0.1, 0.15) is 0 Å². The van der Waals surface area contributed by atoms with E-state index < -0.39 is 36.3 Å². The van der Waals surface area contributed by atoms with Gasteiger partial charge in [-0.15, -0.1) is 0 Å². The molecule has 0 aliphatic heterocycles. The molecule has 2 rings (SSSR count). The molecule has 0 atom stereocenters. The minimum absolute atomic E-state index is 0.163. The van der Waals surface area contributed by atoms with Crippen LogP contribution in [0.3, 0.4) is 0 Å². The highest BCUT2D eigenvalue weighted by Gasteiger charge is 2.14. The number of halogens is 1. The topological polar surface area (TPSA) is 140 Å². The van der Waals surface area contributed by atoms with Gasteiger partial charge in [-0.05, 0) is 36.8 Å². The second-order valence-electron chi connectivity index (χ2n) is 7.26. The fraction of sp³-hybridized carbons (Fsp3) is 0.292. The van der Waals surface area contributed by atoms with Crippen LogP contribution in [0.15, 0.2) is 48.5 Å². The summed E-state index contributed by atoms with van der Waals surface area (Å²) in [7, 11) is 0. The van der Waals surface area contributed by atoms with Gasteiger partial charge in [-0.1, -0.05) is 43.1 Å². The van der Waals surface area contributed by atoms with Crippen LogP contribution >= 0.6 is 11.6 Å². The van der Waals surface area contributed by atoms with E-state index in [-0.39, 0.29) is 23.4 Å². The van der Waals surface area contributed by atoms with Crippen molar-refractivity contribution < 1.29 is 33.4 Å². The van der Waals surface area contributed by atoms with Crippen LogP contribution in [0.25, 0.3) is 0 Å². The van der Waals surface area contributed by atoms with E-state index >= 15 is 0 Å². The summed E-state index contributed by atoms with van der Waals surface area (Å²) in [5, 5.41) is 2.80. The smallest absolute Gasteiger partial charge is 0.338 e. The number of anilines is 1. The molecule has 0 aromatic heterocycles. The first-order valence-electron chi connectivity index (χ1n) is 10.9. The third-order valence-corrected chi connectivity index (χ3v) is 4.80. The minimum Gasteiger partial charge on any atom is -0.462 e. The summed E-state index contributed by atoms with van der Waals surface area (Å²) in [4.78, 5) is 59.7. The van der Waals surface area contributed by atoms with E-state index in [4.69, 9.17) is 21.1 Å². The molecule has 35 heavy (non-hydrogen) atoms. The van der Waals surface area contributed by atoms with Crippen LogP contribution < -0.4 is 16.2 Å². The lowest BCUT2D eigenvalue weighted by atomic mass is 10.2. The standard InChI is InChI=1S/C24H26ClN3O7/c1-2-3-13-34-24(33)16-7-6-8-17(14-16)26-20(29)11-12-22(31)35-15-21(30)27-28-23(32)18-9-4-5-10-19(18)25/h4-10,14H,2-3,11-13,15H2,1H3,(H,26,29)(H,27,30)(H,28,32). The average molecular weight is 504 g/mol. The molecule has 0 saturated heterocycles. The summed E-state index contributed by atoms with van der Waals surface area (Å²) in [6, 6.07) is 12.5. The van der Waals surface area contributed by atoms with Crippen LogP contribution in [0, 0.1) is 0 Å². The predicted molar refractivity (Wildman–Crippen MR) is 128 cm³/mol. The molecular formula is C24H26ClN3O7. The van der Waals surface area contributed by atoms with E-state index in [0.717, 1.165) is 12.8 Å². The Hall–Kier alpha value is -3.92. The van der Waals surface area contributed by atoms with Gasteiger partial charge in [-0.2, -0.15) is 0 Å². The van der Waals surface area contributed by atoms with Crippen LogP contribution in [-0.4, -0.2) is 42.9 Å². The number of benzene rings is 2. The molecule has 0 heterocycles. The van der Waals surface area contributed by atoms with E-state index in [2.05, 4.69) is 16.2 Å². The third-order valence-electron chi connectivity index (χ3n) is 4.47. The van der Waals surface area contributed by atoms with Crippen molar-refractivity contribution in [2.75, 3.05) is 18.5 Å².